The third-order valence-electron chi connectivity index (χ3n) is 1.25. The number of carbonyl (C=O) groups excluding carboxylic acids is 1. The molecule has 1 aromatic rings. The summed E-state index contributed by atoms with van der Waals surface area (Å²) in [5.41, 5.74) is 6.14. The quantitative estimate of drug-likeness (QED) is 0.583. The summed E-state index contributed by atoms with van der Waals surface area (Å²) in [6, 6.07) is 1.56. The van der Waals surface area contributed by atoms with E-state index in [1.165, 1.54) is 13.2 Å². The van der Waals surface area contributed by atoms with Crippen molar-refractivity contribution in [3.05, 3.63) is 24.0 Å². The average molecular weight is 150 g/mol. The first-order valence-corrected chi connectivity index (χ1v) is 3.10. The Morgan fingerprint density at radius 1 is 1.82 bits per heavy atom. The molecule has 1 rings (SSSR count). The Kier molecular flexibility index (Phi) is 2.06. The van der Waals surface area contributed by atoms with Gasteiger partial charge < -0.3 is 11.1 Å². The first kappa shape index (κ1) is 7.53. The van der Waals surface area contributed by atoms with Crippen LogP contribution in [0.1, 0.15) is 10.4 Å². The van der Waals surface area contributed by atoms with E-state index in [0.29, 0.717) is 5.69 Å². The van der Waals surface area contributed by atoms with Gasteiger partial charge in [0.1, 0.15) is 6.20 Å². The lowest BCUT2D eigenvalue weighted by molar-refractivity contribution is 0.0963. The molecule has 0 spiro atoms. The number of nitrogens with one attached hydrogen (secondary N) is 1. The Morgan fingerprint density at radius 2 is 2.55 bits per heavy atom. The van der Waals surface area contributed by atoms with Gasteiger partial charge >= 0.3 is 0 Å². The highest BCUT2D eigenvalue weighted by Crippen LogP contribution is 2.06. The molecule has 0 aliphatic carbocycles. The average Bonchev–Trinajstić information content (AvgIpc) is 2.04. The lowest BCUT2D eigenvalue weighted by Gasteiger charge is -2.00. The van der Waals surface area contributed by atoms with Gasteiger partial charge in [-0.15, -0.1) is 0 Å². The van der Waals surface area contributed by atoms with Crippen LogP contribution in [0.3, 0.4) is 0 Å². The molecule has 1 amide bonds. The van der Waals surface area contributed by atoms with Crippen molar-refractivity contribution < 1.29 is 4.79 Å². The Balaban J connectivity index is 3.03. The van der Waals surface area contributed by atoms with Gasteiger partial charge in [-0.2, -0.15) is 0 Å². The van der Waals surface area contributed by atoms with Crippen molar-refractivity contribution in [1.29, 1.82) is 0 Å². The van der Waals surface area contributed by atoms with E-state index in [1.54, 1.807) is 6.07 Å². The second-order valence-corrected chi connectivity index (χ2v) is 1.97. The number of hydrogen-bond acceptors (Lipinski definition) is 3. The predicted molar refractivity (Wildman–Crippen MR) is 40.9 cm³/mol. The SMILES string of the molecule is CNC(=O)c1[c]nccc1N. The van der Waals surface area contributed by atoms with E-state index in [4.69, 9.17) is 5.73 Å². The van der Waals surface area contributed by atoms with Crippen molar-refractivity contribution in [1.82, 2.24) is 10.3 Å². The molecule has 0 aliphatic rings. The summed E-state index contributed by atoms with van der Waals surface area (Å²) < 4.78 is 0. The molecule has 11 heavy (non-hydrogen) atoms. The number of nitrogens with zero attached hydrogens (tertiary/aromatic N) is 1. The Morgan fingerprint density at radius 3 is 3.09 bits per heavy atom. The number of amides is 1. The normalized spacial score (nSPS) is 9.18. The predicted octanol–water partition coefficient (Wildman–Crippen LogP) is -0.176. The zero-order chi connectivity index (χ0) is 8.27. The number of nitrogens with two attached hydrogens (primary N) is 1. The van der Waals surface area contributed by atoms with Crippen molar-refractivity contribution in [2.45, 2.75) is 0 Å². The first-order valence-electron chi connectivity index (χ1n) is 3.10. The number of carbonyl (C=O) groups is 1. The van der Waals surface area contributed by atoms with Gasteiger partial charge in [0.15, 0.2) is 0 Å². The molecule has 1 heterocycles. The molecule has 57 valence electrons. The van der Waals surface area contributed by atoms with Gasteiger partial charge in [-0.3, -0.25) is 9.78 Å². The van der Waals surface area contributed by atoms with Gasteiger partial charge in [0.25, 0.3) is 5.91 Å². The Hall–Kier alpha value is -1.58. The molecule has 0 aromatic carbocycles. The monoisotopic (exact) mass is 150 g/mol. The van der Waals surface area contributed by atoms with Crippen molar-refractivity contribution in [2.75, 3.05) is 12.8 Å². The minimum absolute atomic E-state index is 0.268. The molecule has 1 radical (unpaired) electrons. The van der Waals surface area contributed by atoms with Gasteiger partial charge in [0, 0.05) is 18.9 Å². The largest absolute Gasteiger partial charge is 0.398 e. The molecular weight excluding hydrogens is 142 g/mol. The summed E-state index contributed by atoms with van der Waals surface area (Å²) in [6.45, 7) is 0. The molecule has 0 atom stereocenters. The maximum atomic E-state index is 11.0. The van der Waals surface area contributed by atoms with Crippen molar-refractivity contribution in [2.24, 2.45) is 0 Å². The van der Waals surface area contributed by atoms with Crippen LogP contribution in [0.15, 0.2) is 12.3 Å². The topological polar surface area (TPSA) is 68.0 Å². The number of pyridine rings is 1. The van der Waals surface area contributed by atoms with Crippen LogP contribution in [0, 0.1) is 6.20 Å². The third-order valence-corrected chi connectivity index (χ3v) is 1.25. The van der Waals surface area contributed by atoms with E-state index in [2.05, 4.69) is 16.5 Å². The van der Waals surface area contributed by atoms with Crippen LogP contribution in [0.5, 0.6) is 0 Å². The van der Waals surface area contributed by atoms with E-state index < -0.39 is 0 Å². The summed E-state index contributed by atoms with van der Waals surface area (Å²) in [6.07, 6.45) is 3.99. The number of nitrogen functional groups attached to an aromatic ring is 1. The molecule has 4 nitrogen and oxygen atoms in total. The fraction of sp³-hybridized carbons (Fsp3) is 0.143. The second-order valence-electron chi connectivity index (χ2n) is 1.97. The van der Waals surface area contributed by atoms with Crippen LogP contribution < -0.4 is 11.1 Å². The van der Waals surface area contributed by atoms with Gasteiger partial charge in [0.05, 0.1) is 5.56 Å². The lowest BCUT2D eigenvalue weighted by atomic mass is 10.2. The molecule has 4 heteroatoms. The van der Waals surface area contributed by atoms with Crippen LogP contribution in [-0.2, 0) is 0 Å². The summed E-state index contributed by atoms with van der Waals surface area (Å²) in [7, 11) is 1.53. The minimum atomic E-state index is -0.268. The molecule has 3 N–H and O–H groups in total. The first-order chi connectivity index (χ1) is 5.25. The molecule has 0 bridgehead atoms. The zero-order valence-corrected chi connectivity index (χ0v) is 6.09. The second kappa shape index (κ2) is 3.01. The molecule has 0 saturated heterocycles. The molecule has 1 aromatic heterocycles. The van der Waals surface area contributed by atoms with Gasteiger partial charge in [-0.1, -0.05) is 0 Å². The molecule has 0 aliphatic heterocycles. The molecule has 0 fully saturated rings. The number of anilines is 1. The van der Waals surface area contributed by atoms with E-state index in [9.17, 15) is 4.79 Å². The van der Waals surface area contributed by atoms with Crippen LogP contribution in [0.4, 0.5) is 5.69 Å². The maximum absolute atomic E-state index is 11.0. The van der Waals surface area contributed by atoms with Crippen LogP contribution >= 0.6 is 0 Å². The smallest absolute Gasteiger partial charge is 0.255 e. The minimum Gasteiger partial charge on any atom is -0.398 e. The molecule has 0 unspecified atom stereocenters. The molecule has 0 saturated carbocycles. The fourth-order valence-corrected chi connectivity index (χ4v) is 0.674. The summed E-state index contributed by atoms with van der Waals surface area (Å²) in [4.78, 5) is 14.6. The lowest BCUT2D eigenvalue weighted by Crippen LogP contribution is -2.19. The highest BCUT2D eigenvalue weighted by molar-refractivity contribution is 5.98. The Labute approximate surface area is 64.4 Å². The van der Waals surface area contributed by atoms with E-state index >= 15 is 0 Å². The Bertz CT molecular complexity index is 272. The standard InChI is InChI=1S/C7H8N3O/c1-9-7(11)5-4-10-3-2-6(5)8/h2-3H,1H3,(H2,8,10)(H,9,11). The number of aromatic nitrogens is 1. The van der Waals surface area contributed by atoms with Gasteiger partial charge in [-0.25, -0.2) is 0 Å². The van der Waals surface area contributed by atoms with Crippen LogP contribution in [0.2, 0.25) is 0 Å². The van der Waals surface area contributed by atoms with Gasteiger partial charge in [-0.05, 0) is 6.07 Å². The van der Waals surface area contributed by atoms with Crippen molar-refractivity contribution in [3.8, 4) is 0 Å². The summed E-state index contributed by atoms with van der Waals surface area (Å²) in [5.74, 6) is -0.268. The summed E-state index contributed by atoms with van der Waals surface area (Å²) >= 11 is 0. The molecular formula is C7H8N3O. The fourth-order valence-electron chi connectivity index (χ4n) is 0.674. The highest BCUT2D eigenvalue weighted by Gasteiger charge is 2.06. The van der Waals surface area contributed by atoms with Crippen LogP contribution in [0.25, 0.3) is 0 Å². The summed E-state index contributed by atoms with van der Waals surface area (Å²) in [5, 5.41) is 2.43. The van der Waals surface area contributed by atoms with Crippen molar-refractivity contribution in [3.63, 3.8) is 0 Å². The zero-order valence-electron chi connectivity index (χ0n) is 6.09. The van der Waals surface area contributed by atoms with Gasteiger partial charge in [0.2, 0.25) is 0 Å². The van der Waals surface area contributed by atoms with E-state index in [1.807, 2.05) is 0 Å². The highest BCUT2D eigenvalue weighted by atomic mass is 16.1. The maximum Gasteiger partial charge on any atom is 0.255 e. The third kappa shape index (κ3) is 1.46. The number of hydrogen-bond donors (Lipinski definition) is 2. The van der Waals surface area contributed by atoms with E-state index in [0.717, 1.165) is 0 Å². The van der Waals surface area contributed by atoms with Crippen molar-refractivity contribution >= 4 is 11.6 Å². The van der Waals surface area contributed by atoms with Crippen LogP contribution in [-0.4, -0.2) is 17.9 Å². The van der Waals surface area contributed by atoms with E-state index in [-0.39, 0.29) is 11.5 Å². The number of rotatable bonds is 1.